The number of aromatic amines is 1. The molecule has 7 heteroatoms. The zero-order chi connectivity index (χ0) is 17.6. The van der Waals surface area contributed by atoms with Crippen molar-refractivity contribution >= 4 is 22.9 Å². The predicted octanol–water partition coefficient (Wildman–Crippen LogP) is 2.00. The van der Waals surface area contributed by atoms with Crippen LogP contribution < -0.4 is 5.32 Å². The van der Waals surface area contributed by atoms with Gasteiger partial charge in [0.2, 0.25) is 0 Å². The van der Waals surface area contributed by atoms with Crippen molar-refractivity contribution < 1.29 is 19.8 Å². The van der Waals surface area contributed by atoms with Crippen LogP contribution in [0.4, 0.5) is 0 Å². The largest absolute Gasteiger partial charge is 0.508 e. The number of benzene rings is 2. The van der Waals surface area contributed by atoms with Crippen LogP contribution in [0.25, 0.3) is 11.0 Å². The Morgan fingerprint density at radius 3 is 2.88 bits per heavy atom. The molecule has 0 bridgehead atoms. The maximum Gasteiger partial charge on any atom is 0.309 e. The van der Waals surface area contributed by atoms with Gasteiger partial charge < -0.3 is 20.5 Å². The maximum absolute atomic E-state index is 12.6. The molecule has 0 spiro atoms. The smallest absolute Gasteiger partial charge is 0.309 e. The molecule has 7 nitrogen and oxygen atoms in total. The summed E-state index contributed by atoms with van der Waals surface area (Å²) in [6, 6.07) is 9.26. The molecule has 1 aromatic heterocycles. The van der Waals surface area contributed by atoms with E-state index in [-0.39, 0.29) is 18.1 Å². The number of aliphatic carboxylic acids is 1. The van der Waals surface area contributed by atoms with Gasteiger partial charge in [0, 0.05) is 11.1 Å². The van der Waals surface area contributed by atoms with Gasteiger partial charge in [-0.15, -0.1) is 0 Å². The Kier molecular flexibility index (Phi) is 3.42. The minimum absolute atomic E-state index is 0.0550. The number of carboxylic acids is 1. The van der Waals surface area contributed by atoms with Crippen LogP contribution in [0.1, 0.15) is 27.5 Å². The highest BCUT2D eigenvalue weighted by Crippen LogP contribution is 2.40. The summed E-state index contributed by atoms with van der Waals surface area (Å²) in [7, 11) is 0. The van der Waals surface area contributed by atoms with Gasteiger partial charge >= 0.3 is 5.97 Å². The lowest BCUT2D eigenvalue weighted by Crippen LogP contribution is -2.34. The molecule has 0 unspecified atom stereocenters. The van der Waals surface area contributed by atoms with E-state index in [2.05, 4.69) is 15.3 Å². The fourth-order valence-corrected chi connectivity index (χ4v) is 3.37. The number of carbonyl (C=O) groups is 2. The fourth-order valence-electron chi connectivity index (χ4n) is 3.37. The van der Waals surface area contributed by atoms with Crippen LogP contribution >= 0.6 is 0 Å². The van der Waals surface area contributed by atoms with Crippen LogP contribution in [-0.2, 0) is 11.2 Å². The molecule has 1 heterocycles. The Morgan fingerprint density at radius 2 is 2.08 bits per heavy atom. The first-order valence-corrected chi connectivity index (χ1v) is 7.82. The SMILES string of the molecule is O=C(N[C@H]1c2cccc(O)c2C[C@H]1C(=O)O)c1ccc2nc[nH]c2c1. The third kappa shape index (κ3) is 2.50. The molecule has 0 saturated heterocycles. The molecule has 4 rings (SSSR count). The number of phenolic OH excluding ortho intramolecular Hbond substituents is 1. The minimum atomic E-state index is -1.01. The van der Waals surface area contributed by atoms with Crippen molar-refractivity contribution in [2.45, 2.75) is 12.5 Å². The topological polar surface area (TPSA) is 115 Å². The van der Waals surface area contributed by atoms with Crippen molar-refractivity contribution in [1.29, 1.82) is 0 Å². The van der Waals surface area contributed by atoms with Crippen LogP contribution in [-0.4, -0.2) is 32.1 Å². The molecular weight excluding hydrogens is 322 g/mol. The molecule has 0 aliphatic heterocycles. The van der Waals surface area contributed by atoms with Gasteiger partial charge in [0.25, 0.3) is 5.91 Å². The Balaban J connectivity index is 1.67. The van der Waals surface area contributed by atoms with Gasteiger partial charge in [-0.3, -0.25) is 9.59 Å². The Hall–Kier alpha value is -3.35. The predicted molar refractivity (Wildman–Crippen MR) is 89.2 cm³/mol. The van der Waals surface area contributed by atoms with Gasteiger partial charge in [0.1, 0.15) is 5.75 Å². The van der Waals surface area contributed by atoms with E-state index >= 15 is 0 Å². The fraction of sp³-hybridized carbons (Fsp3) is 0.167. The second-order valence-electron chi connectivity index (χ2n) is 6.08. The number of fused-ring (bicyclic) bond motifs is 2. The third-order valence-corrected chi connectivity index (χ3v) is 4.64. The number of phenols is 1. The lowest BCUT2D eigenvalue weighted by Gasteiger charge is -2.19. The minimum Gasteiger partial charge on any atom is -0.508 e. The van der Waals surface area contributed by atoms with E-state index in [1.165, 1.54) is 6.07 Å². The molecule has 126 valence electrons. The third-order valence-electron chi connectivity index (χ3n) is 4.64. The number of aromatic nitrogens is 2. The van der Waals surface area contributed by atoms with Crippen molar-refractivity contribution in [3.8, 4) is 5.75 Å². The zero-order valence-electron chi connectivity index (χ0n) is 13.1. The van der Waals surface area contributed by atoms with E-state index in [0.717, 1.165) is 11.0 Å². The first-order chi connectivity index (χ1) is 12.0. The van der Waals surface area contributed by atoms with E-state index < -0.39 is 17.9 Å². The average Bonchev–Trinajstić information content (AvgIpc) is 3.19. The van der Waals surface area contributed by atoms with Crippen LogP contribution in [0, 0.1) is 5.92 Å². The van der Waals surface area contributed by atoms with E-state index in [4.69, 9.17) is 0 Å². The van der Waals surface area contributed by atoms with Crippen molar-refractivity contribution in [2.75, 3.05) is 0 Å². The molecule has 4 N–H and O–H groups in total. The molecule has 2 aromatic carbocycles. The number of hydrogen-bond donors (Lipinski definition) is 4. The summed E-state index contributed by atoms with van der Waals surface area (Å²) in [5, 5.41) is 22.3. The van der Waals surface area contributed by atoms with E-state index in [0.29, 0.717) is 16.7 Å². The Morgan fingerprint density at radius 1 is 1.24 bits per heavy atom. The van der Waals surface area contributed by atoms with Crippen LogP contribution in [0.15, 0.2) is 42.7 Å². The first kappa shape index (κ1) is 15.2. The molecular formula is C18H15N3O4. The summed E-state index contributed by atoms with van der Waals surface area (Å²) in [4.78, 5) is 31.3. The average molecular weight is 337 g/mol. The lowest BCUT2D eigenvalue weighted by molar-refractivity contribution is -0.142. The molecule has 1 amide bonds. The number of carbonyl (C=O) groups excluding carboxylic acids is 1. The zero-order valence-corrected chi connectivity index (χ0v) is 13.1. The second-order valence-corrected chi connectivity index (χ2v) is 6.08. The monoisotopic (exact) mass is 337 g/mol. The number of amides is 1. The quantitative estimate of drug-likeness (QED) is 0.583. The van der Waals surface area contributed by atoms with Crippen molar-refractivity contribution in [2.24, 2.45) is 5.92 Å². The molecule has 0 fully saturated rings. The molecule has 1 aliphatic carbocycles. The lowest BCUT2D eigenvalue weighted by atomic mass is 10.00. The number of nitrogens with zero attached hydrogens (tertiary/aromatic N) is 1. The summed E-state index contributed by atoms with van der Waals surface area (Å²) in [5.41, 5.74) is 3.10. The highest BCUT2D eigenvalue weighted by atomic mass is 16.4. The maximum atomic E-state index is 12.6. The molecule has 25 heavy (non-hydrogen) atoms. The number of rotatable bonds is 3. The standard InChI is InChI=1S/C18H15N3O4/c22-15-3-1-2-10-11(15)7-12(18(24)25)16(10)21-17(23)9-4-5-13-14(6-9)20-8-19-13/h1-6,8,12,16,22H,7H2,(H,19,20)(H,21,23)(H,24,25)/t12-,16+/m1/s1. The van der Waals surface area contributed by atoms with Gasteiger partial charge in [-0.1, -0.05) is 12.1 Å². The molecule has 2 atom stereocenters. The van der Waals surface area contributed by atoms with Crippen LogP contribution in [0.3, 0.4) is 0 Å². The summed E-state index contributed by atoms with van der Waals surface area (Å²) in [5.74, 6) is -2.14. The summed E-state index contributed by atoms with van der Waals surface area (Å²) in [6.45, 7) is 0. The summed E-state index contributed by atoms with van der Waals surface area (Å²) >= 11 is 0. The number of hydrogen-bond acceptors (Lipinski definition) is 4. The number of imidazole rings is 1. The second kappa shape index (κ2) is 5.62. The Bertz CT molecular complexity index is 995. The van der Waals surface area contributed by atoms with E-state index in [1.54, 1.807) is 36.7 Å². The van der Waals surface area contributed by atoms with E-state index in [1.807, 2.05) is 0 Å². The van der Waals surface area contributed by atoms with Crippen molar-refractivity contribution in [1.82, 2.24) is 15.3 Å². The highest BCUT2D eigenvalue weighted by molar-refractivity contribution is 5.98. The number of H-pyrrole nitrogens is 1. The van der Waals surface area contributed by atoms with Crippen LogP contribution in [0.5, 0.6) is 5.75 Å². The van der Waals surface area contributed by atoms with Gasteiger partial charge in [-0.2, -0.15) is 0 Å². The van der Waals surface area contributed by atoms with Gasteiger partial charge in [-0.05, 0) is 36.2 Å². The highest BCUT2D eigenvalue weighted by Gasteiger charge is 2.39. The summed E-state index contributed by atoms with van der Waals surface area (Å²) < 4.78 is 0. The number of aromatic hydroxyl groups is 1. The van der Waals surface area contributed by atoms with Gasteiger partial charge in [-0.25, -0.2) is 4.98 Å². The molecule has 3 aromatic rings. The number of nitrogens with one attached hydrogen (secondary N) is 2. The first-order valence-electron chi connectivity index (χ1n) is 7.82. The normalized spacial score (nSPS) is 18.9. The van der Waals surface area contributed by atoms with Crippen molar-refractivity contribution in [3.05, 3.63) is 59.4 Å². The van der Waals surface area contributed by atoms with Gasteiger partial charge in [0.05, 0.1) is 29.3 Å². The van der Waals surface area contributed by atoms with Gasteiger partial charge in [0.15, 0.2) is 0 Å². The van der Waals surface area contributed by atoms with E-state index in [9.17, 15) is 19.8 Å². The molecule has 0 saturated carbocycles. The molecule has 0 radical (unpaired) electrons. The van der Waals surface area contributed by atoms with Crippen LogP contribution in [0.2, 0.25) is 0 Å². The summed E-state index contributed by atoms with van der Waals surface area (Å²) in [6.07, 6.45) is 1.73. The molecule has 1 aliphatic rings. The van der Waals surface area contributed by atoms with Crippen molar-refractivity contribution in [3.63, 3.8) is 0 Å². The Labute approximate surface area is 142 Å². The number of carboxylic acid groups (broad SMARTS) is 1.